The number of ether oxygens (including phenoxy) is 2. The number of fused-ring (bicyclic) bond motifs is 2. The molecule has 4 rings (SSSR count). The molecule has 116 valence electrons. The summed E-state index contributed by atoms with van der Waals surface area (Å²) < 4.78 is 15.9. The molecule has 2 heterocycles. The second-order valence-electron chi connectivity index (χ2n) is 5.10. The van der Waals surface area contributed by atoms with Crippen molar-refractivity contribution in [1.82, 2.24) is 10.3 Å². The lowest BCUT2D eigenvalue weighted by atomic mass is 10.1. The fraction of sp³-hybridized carbons (Fsp3) is 0.188. The molecule has 7 nitrogen and oxygen atoms in total. The summed E-state index contributed by atoms with van der Waals surface area (Å²) in [4.78, 5) is 12.5. The number of aromatic nitrogens is 2. The molecule has 3 aromatic rings. The molecule has 0 unspecified atom stereocenters. The number of benzene rings is 2. The summed E-state index contributed by atoms with van der Waals surface area (Å²) in [5, 5.41) is 10.4. The van der Waals surface area contributed by atoms with Crippen LogP contribution in [0.3, 0.4) is 0 Å². The second kappa shape index (κ2) is 5.60. The summed E-state index contributed by atoms with van der Waals surface area (Å²) in [5.41, 5.74) is 2.11. The first-order chi connectivity index (χ1) is 11.3. The minimum absolute atomic E-state index is 0.267. The molecule has 1 aromatic heterocycles. The van der Waals surface area contributed by atoms with Crippen molar-refractivity contribution in [2.75, 3.05) is 18.5 Å². The molecule has 0 saturated heterocycles. The van der Waals surface area contributed by atoms with Crippen molar-refractivity contribution in [1.29, 1.82) is 0 Å². The highest BCUT2D eigenvalue weighted by Crippen LogP contribution is 2.31. The van der Waals surface area contributed by atoms with Crippen molar-refractivity contribution in [3.63, 3.8) is 0 Å². The maximum absolute atomic E-state index is 12.5. The van der Waals surface area contributed by atoms with Crippen molar-refractivity contribution in [3.8, 4) is 11.5 Å². The van der Waals surface area contributed by atoms with Crippen molar-refractivity contribution in [2.24, 2.45) is 0 Å². The molecule has 1 amide bonds. The summed E-state index contributed by atoms with van der Waals surface area (Å²) in [6.45, 7) is 1.18. The van der Waals surface area contributed by atoms with E-state index in [1.807, 2.05) is 0 Å². The predicted octanol–water partition coefficient (Wildman–Crippen LogP) is 2.64. The molecule has 0 fully saturated rings. The zero-order chi connectivity index (χ0) is 15.6. The van der Waals surface area contributed by atoms with E-state index < -0.39 is 0 Å². The predicted molar refractivity (Wildman–Crippen MR) is 81.8 cm³/mol. The Morgan fingerprint density at radius 2 is 1.91 bits per heavy atom. The van der Waals surface area contributed by atoms with E-state index in [1.165, 1.54) is 0 Å². The molecule has 0 saturated carbocycles. The number of carbonyl (C=O) groups is 1. The molecular formula is C16H13N3O4. The van der Waals surface area contributed by atoms with Gasteiger partial charge >= 0.3 is 0 Å². The number of nitrogens with one attached hydrogen (secondary N) is 1. The van der Waals surface area contributed by atoms with E-state index in [0.717, 1.165) is 6.42 Å². The van der Waals surface area contributed by atoms with Crippen LogP contribution in [0.25, 0.3) is 11.0 Å². The first kappa shape index (κ1) is 13.6. The molecule has 0 atom stereocenters. The molecular weight excluding hydrogens is 298 g/mol. The van der Waals surface area contributed by atoms with Crippen LogP contribution in [0.1, 0.15) is 16.8 Å². The fourth-order valence-corrected chi connectivity index (χ4v) is 2.41. The van der Waals surface area contributed by atoms with Crippen LogP contribution in [0.5, 0.6) is 11.5 Å². The van der Waals surface area contributed by atoms with Crippen LogP contribution in [-0.2, 0) is 0 Å². The van der Waals surface area contributed by atoms with Gasteiger partial charge in [-0.3, -0.25) is 4.79 Å². The number of nitrogens with zero attached hydrogens (tertiary/aromatic N) is 2. The first-order valence-electron chi connectivity index (χ1n) is 7.23. The maximum Gasteiger partial charge on any atom is 0.255 e. The van der Waals surface area contributed by atoms with Gasteiger partial charge < -0.3 is 14.8 Å². The van der Waals surface area contributed by atoms with Gasteiger partial charge in [-0.2, -0.15) is 0 Å². The Morgan fingerprint density at radius 1 is 1.04 bits per heavy atom. The first-order valence-corrected chi connectivity index (χ1v) is 7.23. The molecule has 1 aliphatic heterocycles. The zero-order valence-electron chi connectivity index (χ0n) is 12.1. The Balaban J connectivity index is 1.62. The average molecular weight is 311 g/mol. The highest BCUT2D eigenvalue weighted by Gasteiger charge is 2.15. The SMILES string of the molecule is O=C(Nc1cccc2nonc12)c1ccc2c(c1)OCCCO2. The minimum Gasteiger partial charge on any atom is -0.490 e. The largest absolute Gasteiger partial charge is 0.490 e. The van der Waals surface area contributed by atoms with Gasteiger partial charge in [-0.15, -0.1) is 0 Å². The van der Waals surface area contributed by atoms with Crippen LogP contribution in [0, 0.1) is 0 Å². The minimum atomic E-state index is -0.267. The third-order valence-electron chi connectivity index (χ3n) is 3.54. The lowest BCUT2D eigenvalue weighted by Crippen LogP contribution is -2.12. The molecule has 7 heteroatoms. The van der Waals surface area contributed by atoms with Gasteiger partial charge in [0.2, 0.25) is 0 Å². The number of carbonyl (C=O) groups excluding carboxylic acids is 1. The van der Waals surface area contributed by atoms with E-state index in [2.05, 4.69) is 15.6 Å². The Kier molecular flexibility index (Phi) is 3.30. The van der Waals surface area contributed by atoms with Crippen molar-refractivity contribution in [2.45, 2.75) is 6.42 Å². The molecule has 0 radical (unpaired) electrons. The highest BCUT2D eigenvalue weighted by molar-refractivity contribution is 6.08. The van der Waals surface area contributed by atoms with E-state index in [0.29, 0.717) is 47.0 Å². The van der Waals surface area contributed by atoms with Crippen molar-refractivity contribution in [3.05, 3.63) is 42.0 Å². The molecule has 0 aliphatic carbocycles. The van der Waals surface area contributed by atoms with Crippen LogP contribution < -0.4 is 14.8 Å². The zero-order valence-corrected chi connectivity index (χ0v) is 12.1. The Hall–Kier alpha value is -3.09. The topological polar surface area (TPSA) is 86.5 Å². The van der Waals surface area contributed by atoms with Gasteiger partial charge in [-0.05, 0) is 40.6 Å². The summed E-state index contributed by atoms with van der Waals surface area (Å²) in [6.07, 6.45) is 0.817. The third-order valence-corrected chi connectivity index (χ3v) is 3.54. The van der Waals surface area contributed by atoms with Gasteiger partial charge in [-0.1, -0.05) is 6.07 Å². The average Bonchev–Trinajstić information content (AvgIpc) is 2.93. The van der Waals surface area contributed by atoms with Gasteiger partial charge in [0.1, 0.15) is 5.52 Å². The molecule has 2 aromatic carbocycles. The molecule has 23 heavy (non-hydrogen) atoms. The summed E-state index contributed by atoms with van der Waals surface area (Å²) >= 11 is 0. The van der Waals surface area contributed by atoms with Gasteiger partial charge in [0.05, 0.1) is 18.9 Å². The third kappa shape index (κ3) is 2.57. The molecule has 1 N–H and O–H groups in total. The number of amides is 1. The van der Waals surface area contributed by atoms with Crippen LogP contribution in [0.15, 0.2) is 41.0 Å². The monoisotopic (exact) mass is 311 g/mol. The number of hydrogen-bond donors (Lipinski definition) is 1. The summed E-state index contributed by atoms with van der Waals surface area (Å²) in [5.74, 6) is 0.967. The normalized spacial score (nSPS) is 13.6. The number of anilines is 1. The Morgan fingerprint density at radius 3 is 2.83 bits per heavy atom. The van der Waals surface area contributed by atoms with Crippen molar-refractivity contribution < 1.29 is 18.9 Å². The smallest absolute Gasteiger partial charge is 0.255 e. The van der Waals surface area contributed by atoms with Gasteiger partial charge in [0.25, 0.3) is 5.91 Å². The van der Waals surface area contributed by atoms with E-state index in [-0.39, 0.29) is 5.91 Å². The van der Waals surface area contributed by atoms with E-state index in [9.17, 15) is 4.79 Å². The Bertz CT molecular complexity index is 875. The second-order valence-corrected chi connectivity index (χ2v) is 5.10. The quantitative estimate of drug-likeness (QED) is 0.783. The lowest BCUT2D eigenvalue weighted by molar-refractivity contribution is 0.102. The van der Waals surface area contributed by atoms with Gasteiger partial charge in [0, 0.05) is 12.0 Å². The molecule has 0 spiro atoms. The van der Waals surface area contributed by atoms with E-state index in [4.69, 9.17) is 14.1 Å². The van der Waals surface area contributed by atoms with E-state index in [1.54, 1.807) is 36.4 Å². The highest BCUT2D eigenvalue weighted by atomic mass is 16.6. The van der Waals surface area contributed by atoms with Crippen molar-refractivity contribution >= 4 is 22.6 Å². The summed E-state index contributed by atoms with van der Waals surface area (Å²) in [7, 11) is 0. The molecule has 1 aliphatic rings. The number of rotatable bonds is 2. The number of hydrogen-bond acceptors (Lipinski definition) is 6. The Labute approximate surface area is 131 Å². The lowest BCUT2D eigenvalue weighted by Gasteiger charge is -2.10. The van der Waals surface area contributed by atoms with E-state index >= 15 is 0 Å². The van der Waals surface area contributed by atoms with Crippen LogP contribution in [0.4, 0.5) is 5.69 Å². The molecule has 0 bridgehead atoms. The maximum atomic E-state index is 12.5. The fourth-order valence-electron chi connectivity index (χ4n) is 2.41. The van der Waals surface area contributed by atoms with Crippen LogP contribution in [0.2, 0.25) is 0 Å². The summed E-state index contributed by atoms with van der Waals surface area (Å²) in [6, 6.07) is 10.4. The van der Waals surface area contributed by atoms with Crippen LogP contribution >= 0.6 is 0 Å². The van der Waals surface area contributed by atoms with Crippen LogP contribution in [-0.4, -0.2) is 29.4 Å². The van der Waals surface area contributed by atoms with Gasteiger partial charge in [-0.25, -0.2) is 4.63 Å². The van der Waals surface area contributed by atoms with Gasteiger partial charge in [0.15, 0.2) is 17.0 Å². The standard InChI is InChI=1S/C16H13N3O4/c20-16(17-11-3-1-4-12-15(11)19-23-18-12)10-5-6-13-14(9-10)22-8-2-7-21-13/h1,3-6,9H,2,7-8H2,(H,17,20).